The van der Waals surface area contributed by atoms with Gasteiger partial charge in [-0.05, 0) is 62.7 Å². The molecule has 0 amide bonds. The number of likely N-dealkylation sites (tertiary alicyclic amines) is 1. The zero-order valence-corrected chi connectivity index (χ0v) is 19.2. The van der Waals surface area contributed by atoms with Crippen molar-refractivity contribution in [1.82, 2.24) is 15.2 Å². The van der Waals surface area contributed by atoms with Crippen molar-refractivity contribution < 1.29 is 9.47 Å². The number of hydrogen-bond donors (Lipinski definition) is 1. The van der Waals surface area contributed by atoms with Crippen molar-refractivity contribution >= 4 is 11.3 Å². The molecule has 5 nitrogen and oxygen atoms in total. The number of rotatable bonds is 10. The van der Waals surface area contributed by atoms with Crippen molar-refractivity contribution in [3.05, 3.63) is 75.7 Å². The molecule has 0 aliphatic carbocycles. The van der Waals surface area contributed by atoms with Gasteiger partial charge in [0.05, 0.1) is 12.8 Å². The first-order valence-corrected chi connectivity index (χ1v) is 11.8. The van der Waals surface area contributed by atoms with Gasteiger partial charge in [-0.2, -0.15) is 0 Å². The van der Waals surface area contributed by atoms with Crippen molar-refractivity contribution in [2.75, 3.05) is 26.7 Å². The number of nitrogens with one attached hydrogen (secondary N) is 1. The van der Waals surface area contributed by atoms with Crippen molar-refractivity contribution in [3.8, 4) is 11.5 Å². The molecular weight excluding hydrogens is 406 g/mol. The minimum Gasteiger partial charge on any atom is -0.497 e. The lowest BCUT2D eigenvalue weighted by Gasteiger charge is -2.28. The quantitative estimate of drug-likeness (QED) is 0.485. The number of hydrogen-bond acceptors (Lipinski definition) is 6. The number of methoxy groups -OCH3 is 1. The van der Waals surface area contributed by atoms with Crippen LogP contribution in [0.5, 0.6) is 11.5 Å². The summed E-state index contributed by atoms with van der Waals surface area (Å²) >= 11 is 1.66. The molecule has 0 saturated carbocycles. The summed E-state index contributed by atoms with van der Waals surface area (Å²) in [5.41, 5.74) is 3.64. The van der Waals surface area contributed by atoms with E-state index in [4.69, 9.17) is 14.5 Å². The number of nitrogens with zero attached hydrogens (tertiary/aromatic N) is 2. The highest BCUT2D eigenvalue weighted by Crippen LogP contribution is 2.26. The molecule has 1 N–H and O–H groups in total. The fourth-order valence-electron chi connectivity index (χ4n) is 3.95. The largest absolute Gasteiger partial charge is 0.497 e. The van der Waals surface area contributed by atoms with Gasteiger partial charge in [0, 0.05) is 24.5 Å². The van der Waals surface area contributed by atoms with E-state index in [2.05, 4.69) is 58.9 Å². The Hall–Kier alpha value is -2.41. The maximum absolute atomic E-state index is 5.86. The molecule has 1 saturated heterocycles. The minimum absolute atomic E-state index is 0.372. The number of thiazole rings is 1. The van der Waals surface area contributed by atoms with Gasteiger partial charge in [-0.25, -0.2) is 4.98 Å². The van der Waals surface area contributed by atoms with Gasteiger partial charge in [0.25, 0.3) is 0 Å². The van der Waals surface area contributed by atoms with Crippen molar-refractivity contribution in [3.63, 3.8) is 0 Å². The molecule has 2 aromatic carbocycles. The summed E-state index contributed by atoms with van der Waals surface area (Å²) in [5.74, 6) is 1.79. The Morgan fingerprint density at radius 2 is 1.74 bits per heavy atom. The molecule has 0 radical (unpaired) electrons. The molecule has 1 aliphatic rings. The topological polar surface area (TPSA) is 46.6 Å². The number of benzene rings is 2. The highest BCUT2D eigenvalue weighted by molar-refractivity contribution is 7.09. The highest BCUT2D eigenvalue weighted by atomic mass is 32.1. The average Bonchev–Trinajstić information content (AvgIpc) is 3.49. The molecule has 6 heteroatoms. The van der Waals surface area contributed by atoms with Crippen LogP contribution in [-0.4, -0.2) is 36.6 Å². The Morgan fingerprint density at radius 3 is 2.45 bits per heavy atom. The minimum atomic E-state index is 0.372. The van der Waals surface area contributed by atoms with Gasteiger partial charge in [-0.3, -0.25) is 4.90 Å². The third-order valence-electron chi connectivity index (χ3n) is 5.71. The van der Waals surface area contributed by atoms with Crippen LogP contribution in [0.25, 0.3) is 0 Å². The monoisotopic (exact) mass is 437 g/mol. The van der Waals surface area contributed by atoms with Crippen LogP contribution in [0.3, 0.4) is 0 Å². The van der Waals surface area contributed by atoms with E-state index in [1.54, 1.807) is 18.4 Å². The first-order chi connectivity index (χ1) is 15.2. The van der Waals surface area contributed by atoms with Gasteiger partial charge in [0.1, 0.15) is 23.1 Å². The Morgan fingerprint density at radius 1 is 1.03 bits per heavy atom. The second kappa shape index (κ2) is 10.8. The van der Waals surface area contributed by atoms with Gasteiger partial charge in [-0.1, -0.05) is 29.8 Å². The summed E-state index contributed by atoms with van der Waals surface area (Å²) in [6.07, 6.45) is 2.56. The first-order valence-electron chi connectivity index (χ1n) is 10.9. The smallest absolute Gasteiger partial charge is 0.140 e. The lowest BCUT2D eigenvalue weighted by atomic mass is 10.1. The van der Waals surface area contributed by atoms with E-state index < -0.39 is 0 Å². The second-order valence-corrected chi connectivity index (χ2v) is 8.94. The Labute approximate surface area is 189 Å². The van der Waals surface area contributed by atoms with E-state index in [9.17, 15) is 0 Å². The predicted molar refractivity (Wildman–Crippen MR) is 126 cm³/mol. The summed E-state index contributed by atoms with van der Waals surface area (Å²) in [6.45, 7) is 6.58. The van der Waals surface area contributed by atoms with Gasteiger partial charge in [-0.15, -0.1) is 11.3 Å². The number of aromatic nitrogens is 1. The zero-order chi connectivity index (χ0) is 21.5. The molecule has 4 rings (SSSR count). The molecule has 1 fully saturated rings. The van der Waals surface area contributed by atoms with Crippen LogP contribution in [0.2, 0.25) is 0 Å². The van der Waals surface area contributed by atoms with Gasteiger partial charge in [0.2, 0.25) is 0 Å². The number of ether oxygens (including phenoxy) is 2. The number of aryl methyl sites for hydroxylation is 1. The lowest BCUT2D eigenvalue weighted by molar-refractivity contribution is 0.238. The van der Waals surface area contributed by atoms with E-state index in [-0.39, 0.29) is 0 Å². The molecule has 3 aromatic rings. The summed E-state index contributed by atoms with van der Waals surface area (Å²) in [5, 5.41) is 6.76. The van der Waals surface area contributed by atoms with E-state index >= 15 is 0 Å². The van der Waals surface area contributed by atoms with Gasteiger partial charge in [0.15, 0.2) is 0 Å². The van der Waals surface area contributed by atoms with Crippen molar-refractivity contribution in [2.45, 2.75) is 39.0 Å². The predicted octanol–water partition coefficient (Wildman–Crippen LogP) is 4.97. The fraction of sp³-hybridized carbons (Fsp3) is 0.400. The molecule has 31 heavy (non-hydrogen) atoms. The molecule has 2 heterocycles. The molecule has 0 spiro atoms. The SMILES string of the molecule is COc1ccc(C(CNCc2csc(COc3ccc(C)cc3)n2)N2CCCC2)cc1. The molecular formula is C25H31N3O2S. The van der Waals surface area contributed by atoms with Crippen LogP contribution in [0, 0.1) is 6.92 Å². The fourth-order valence-corrected chi connectivity index (χ4v) is 4.66. The third-order valence-corrected chi connectivity index (χ3v) is 6.58. The van der Waals surface area contributed by atoms with Gasteiger partial charge >= 0.3 is 0 Å². The molecule has 1 unspecified atom stereocenters. The second-order valence-electron chi connectivity index (χ2n) is 8.00. The van der Waals surface area contributed by atoms with E-state index in [0.29, 0.717) is 12.6 Å². The summed E-state index contributed by atoms with van der Waals surface area (Å²) in [6, 6.07) is 17.0. The third kappa shape index (κ3) is 6.06. The lowest BCUT2D eigenvalue weighted by Crippen LogP contribution is -2.34. The van der Waals surface area contributed by atoms with E-state index in [1.165, 1.54) is 24.0 Å². The van der Waals surface area contributed by atoms with Crippen LogP contribution in [0.15, 0.2) is 53.9 Å². The van der Waals surface area contributed by atoms with Crippen LogP contribution >= 0.6 is 11.3 Å². The van der Waals surface area contributed by atoms with E-state index in [1.807, 2.05) is 12.1 Å². The first kappa shape index (κ1) is 21.8. The Bertz CT molecular complexity index is 934. The normalized spacial score (nSPS) is 15.2. The summed E-state index contributed by atoms with van der Waals surface area (Å²) in [7, 11) is 1.71. The maximum atomic E-state index is 5.86. The molecule has 1 aromatic heterocycles. The van der Waals surface area contributed by atoms with Crippen LogP contribution in [0.1, 0.15) is 40.7 Å². The van der Waals surface area contributed by atoms with Gasteiger partial charge < -0.3 is 14.8 Å². The van der Waals surface area contributed by atoms with Crippen LogP contribution < -0.4 is 14.8 Å². The van der Waals surface area contributed by atoms with Crippen molar-refractivity contribution in [1.29, 1.82) is 0 Å². The molecule has 1 atom stereocenters. The Balaban J connectivity index is 1.30. The Kier molecular flexibility index (Phi) is 7.57. The maximum Gasteiger partial charge on any atom is 0.140 e. The highest BCUT2D eigenvalue weighted by Gasteiger charge is 2.23. The molecule has 164 valence electrons. The van der Waals surface area contributed by atoms with Crippen LogP contribution in [-0.2, 0) is 13.2 Å². The van der Waals surface area contributed by atoms with Crippen LogP contribution in [0.4, 0.5) is 0 Å². The summed E-state index contributed by atoms with van der Waals surface area (Å²) < 4.78 is 11.2. The summed E-state index contributed by atoms with van der Waals surface area (Å²) in [4.78, 5) is 7.31. The van der Waals surface area contributed by atoms with Crippen molar-refractivity contribution in [2.24, 2.45) is 0 Å². The molecule has 1 aliphatic heterocycles. The average molecular weight is 438 g/mol. The molecule has 0 bridgehead atoms. The zero-order valence-electron chi connectivity index (χ0n) is 18.3. The van der Waals surface area contributed by atoms with E-state index in [0.717, 1.165) is 48.4 Å². The standard InChI is InChI=1S/C25H31N3O2S/c1-19-5-9-23(10-6-19)30-17-25-27-21(18-31-25)15-26-16-24(28-13-3-4-14-28)20-7-11-22(29-2)12-8-20/h5-12,18,24,26H,3-4,13-17H2,1-2H3.